The SMILES string of the molecule is CNCc1cc(Br)cnc1N(C)C(C)COC. The third kappa shape index (κ3) is 3.94. The second-order valence-electron chi connectivity index (χ2n) is 4.08. The van der Waals surface area contributed by atoms with Crippen molar-refractivity contribution in [1.82, 2.24) is 10.3 Å². The number of pyridine rings is 1. The number of likely N-dealkylation sites (N-methyl/N-ethyl adjacent to an activating group) is 1. The van der Waals surface area contributed by atoms with Crippen LogP contribution in [0.2, 0.25) is 0 Å². The Bertz CT molecular complexity index is 360. The van der Waals surface area contributed by atoms with Crippen molar-refractivity contribution in [2.24, 2.45) is 0 Å². The molecule has 0 saturated carbocycles. The van der Waals surface area contributed by atoms with Gasteiger partial charge in [-0.2, -0.15) is 0 Å². The summed E-state index contributed by atoms with van der Waals surface area (Å²) < 4.78 is 6.17. The molecule has 5 heteroatoms. The molecule has 1 heterocycles. The topological polar surface area (TPSA) is 37.4 Å². The van der Waals surface area contributed by atoms with Crippen LogP contribution < -0.4 is 10.2 Å². The van der Waals surface area contributed by atoms with E-state index in [1.165, 1.54) is 5.56 Å². The van der Waals surface area contributed by atoms with Crippen molar-refractivity contribution in [3.63, 3.8) is 0 Å². The van der Waals surface area contributed by atoms with Crippen LogP contribution in [0.15, 0.2) is 16.7 Å². The summed E-state index contributed by atoms with van der Waals surface area (Å²) in [5.74, 6) is 0.993. The summed E-state index contributed by atoms with van der Waals surface area (Å²) in [6.07, 6.45) is 1.82. The minimum atomic E-state index is 0.296. The van der Waals surface area contributed by atoms with E-state index in [-0.39, 0.29) is 0 Å². The third-order valence-electron chi connectivity index (χ3n) is 2.68. The van der Waals surface area contributed by atoms with Crippen molar-refractivity contribution >= 4 is 21.7 Å². The van der Waals surface area contributed by atoms with E-state index < -0.39 is 0 Å². The normalized spacial score (nSPS) is 12.5. The van der Waals surface area contributed by atoms with Gasteiger partial charge in [-0.3, -0.25) is 0 Å². The van der Waals surface area contributed by atoms with Crippen molar-refractivity contribution in [3.05, 3.63) is 22.3 Å². The minimum Gasteiger partial charge on any atom is -0.383 e. The molecule has 0 spiro atoms. The molecule has 0 fully saturated rings. The lowest BCUT2D eigenvalue weighted by molar-refractivity contribution is 0.183. The Labute approximate surface area is 111 Å². The van der Waals surface area contributed by atoms with Crippen LogP contribution in [-0.2, 0) is 11.3 Å². The van der Waals surface area contributed by atoms with Gasteiger partial charge in [-0.1, -0.05) is 0 Å². The van der Waals surface area contributed by atoms with E-state index in [1.54, 1.807) is 7.11 Å². The Morgan fingerprint density at radius 2 is 2.29 bits per heavy atom. The second-order valence-corrected chi connectivity index (χ2v) is 5.00. The molecular weight excluding hydrogens is 282 g/mol. The second kappa shape index (κ2) is 6.93. The quantitative estimate of drug-likeness (QED) is 0.872. The molecule has 17 heavy (non-hydrogen) atoms. The molecule has 0 aliphatic rings. The first kappa shape index (κ1) is 14.4. The molecule has 0 aliphatic heterocycles. The first-order valence-electron chi connectivity index (χ1n) is 5.61. The summed E-state index contributed by atoms with van der Waals surface area (Å²) >= 11 is 3.45. The van der Waals surface area contributed by atoms with Gasteiger partial charge in [0.05, 0.1) is 12.6 Å². The molecule has 1 rings (SSSR count). The van der Waals surface area contributed by atoms with Crippen LogP contribution in [0.25, 0.3) is 0 Å². The van der Waals surface area contributed by atoms with Crippen molar-refractivity contribution in [2.75, 3.05) is 32.7 Å². The average Bonchev–Trinajstić information content (AvgIpc) is 2.29. The highest BCUT2D eigenvalue weighted by Crippen LogP contribution is 2.22. The van der Waals surface area contributed by atoms with Gasteiger partial charge >= 0.3 is 0 Å². The number of aromatic nitrogens is 1. The summed E-state index contributed by atoms with van der Waals surface area (Å²) in [4.78, 5) is 6.63. The summed E-state index contributed by atoms with van der Waals surface area (Å²) in [5.41, 5.74) is 1.17. The number of nitrogens with zero attached hydrogens (tertiary/aromatic N) is 2. The monoisotopic (exact) mass is 301 g/mol. The lowest BCUT2D eigenvalue weighted by Gasteiger charge is -2.27. The van der Waals surface area contributed by atoms with Gasteiger partial charge in [0.25, 0.3) is 0 Å². The van der Waals surface area contributed by atoms with Gasteiger partial charge in [0.2, 0.25) is 0 Å². The Kier molecular flexibility index (Phi) is 5.88. The minimum absolute atomic E-state index is 0.296. The molecule has 0 aliphatic carbocycles. The van der Waals surface area contributed by atoms with Crippen molar-refractivity contribution in [3.8, 4) is 0 Å². The highest BCUT2D eigenvalue weighted by Gasteiger charge is 2.14. The summed E-state index contributed by atoms with van der Waals surface area (Å²) in [6.45, 7) is 3.61. The van der Waals surface area contributed by atoms with Gasteiger partial charge in [-0.25, -0.2) is 4.98 Å². The van der Waals surface area contributed by atoms with Crippen LogP contribution in [-0.4, -0.2) is 38.8 Å². The van der Waals surface area contributed by atoms with Crippen LogP contribution in [0.5, 0.6) is 0 Å². The maximum absolute atomic E-state index is 5.18. The van der Waals surface area contributed by atoms with Gasteiger partial charge in [-0.15, -0.1) is 0 Å². The summed E-state index contributed by atoms with van der Waals surface area (Å²) in [5, 5.41) is 3.16. The molecule has 0 amide bonds. The molecule has 1 aromatic heterocycles. The summed E-state index contributed by atoms with van der Waals surface area (Å²) in [7, 11) is 5.69. The van der Waals surface area contributed by atoms with Crippen LogP contribution in [0.4, 0.5) is 5.82 Å². The van der Waals surface area contributed by atoms with Crippen molar-refractivity contribution < 1.29 is 4.74 Å². The van der Waals surface area contributed by atoms with E-state index >= 15 is 0 Å². The number of hydrogen-bond acceptors (Lipinski definition) is 4. The van der Waals surface area contributed by atoms with E-state index in [1.807, 2.05) is 20.3 Å². The summed E-state index contributed by atoms with van der Waals surface area (Å²) in [6, 6.07) is 2.39. The molecule has 0 saturated heterocycles. The van der Waals surface area contributed by atoms with E-state index in [0.717, 1.165) is 16.8 Å². The van der Waals surface area contributed by atoms with E-state index in [0.29, 0.717) is 12.6 Å². The predicted octanol–water partition coefficient (Wildman–Crippen LogP) is 2.03. The number of anilines is 1. The smallest absolute Gasteiger partial charge is 0.133 e. The lowest BCUT2D eigenvalue weighted by Crippen LogP contribution is -2.34. The maximum atomic E-state index is 5.18. The van der Waals surface area contributed by atoms with Crippen molar-refractivity contribution in [2.45, 2.75) is 19.5 Å². The largest absolute Gasteiger partial charge is 0.383 e. The lowest BCUT2D eigenvalue weighted by atomic mass is 10.2. The number of hydrogen-bond donors (Lipinski definition) is 1. The molecule has 4 nitrogen and oxygen atoms in total. The standard InChI is InChI=1S/C12H20BrN3O/c1-9(8-17-4)16(3)12-10(6-14-2)5-11(13)7-15-12/h5,7,9,14H,6,8H2,1-4H3. The van der Waals surface area contributed by atoms with Crippen LogP contribution in [0, 0.1) is 0 Å². The maximum Gasteiger partial charge on any atom is 0.133 e. The van der Waals surface area contributed by atoms with E-state index in [4.69, 9.17) is 4.74 Å². The first-order valence-corrected chi connectivity index (χ1v) is 6.40. The number of nitrogens with one attached hydrogen (secondary N) is 1. The number of halogens is 1. The highest BCUT2D eigenvalue weighted by molar-refractivity contribution is 9.10. The van der Waals surface area contributed by atoms with Gasteiger partial charge in [0.15, 0.2) is 0 Å². The van der Waals surface area contributed by atoms with Gasteiger partial charge in [0.1, 0.15) is 5.82 Å². The van der Waals surface area contributed by atoms with E-state index in [2.05, 4.69) is 44.1 Å². The van der Waals surface area contributed by atoms with E-state index in [9.17, 15) is 0 Å². The molecule has 0 bridgehead atoms. The molecule has 1 N–H and O–H groups in total. The fourth-order valence-corrected chi connectivity index (χ4v) is 2.05. The Hall–Kier alpha value is -0.650. The Balaban J connectivity index is 2.94. The van der Waals surface area contributed by atoms with Gasteiger partial charge in [0, 0.05) is 36.9 Å². The number of rotatable bonds is 6. The number of methoxy groups -OCH3 is 1. The fourth-order valence-electron chi connectivity index (χ4n) is 1.67. The van der Waals surface area contributed by atoms with Crippen LogP contribution in [0.1, 0.15) is 12.5 Å². The molecular formula is C12H20BrN3O. The van der Waals surface area contributed by atoms with Crippen molar-refractivity contribution in [1.29, 1.82) is 0 Å². The third-order valence-corrected chi connectivity index (χ3v) is 3.11. The predicted molar refractivity (Wildman–Crippen MR) is 74.4 cm³/mol. The van der Waals surface area contributed by atoms with Crippen LogP contribution >= 0.6 is 15.9 Å². The molecule has 1 unspecified atom stereocenters. The average molecular weight is 302 g/mol. The van der Waals surface area contributed by atoms with Gasteiger partial charge in [-0.05, 0) is 36.0 Å². The van der Waals surface area contributed by atoms with Gasteiger partial charge < -0.3 is 15.0 Å². The molecule has 0 aromatic carbocycles. The zero-order valence-electron chi connectivity index (χ0n) is 10.8. The molecule has 1 aromatic rings. The highest BCUT2D eigenvalue weighted by atomic mass is 79.9. The first-order chi connectivity index (χ1) is 8.10. The molecule has 96 valence electrons. The Morgan fingerprint density at radius 3 is 2.88 bits per heavy atom. The zero-order valence-corrected chi connectivity index (χ0v) is 12.4. The molecule has 0 radical (unpaired) electrons. The number of ether oxygens (including phenoxy) is 1. The fraction of sp³-hybridized carbons (Fsp3) is 0.583. The molecule has 1 atom stereocenters. The van der Waals surface area contributed by atoms with Crippen LogP contribution in [0.3, 0.4) is 0 Å². The zero-order chi connectivity index (χ0) is 12.8. The Morgan fingerprint density at radius 1 is 1.59 bits per heavy atom.